The zero-order chi connectivity index (χ0) is 15.1. The summed E-state index contributed by atoms with van der Waals surface area (Å²) in [5, 5.41) is 5.44. The van der Waals surface area contributed by atoms with Gasteiger partial charge >= 0.3 is 0 Å². The van der Waals surface area contributed by atoms with Gasteiger partial charge in [-0.05, 0) is 30.7 Å². The van der Waals surface area contributed by atoms with E-state index in [1.54, 1.807) is 6.26 Å². The topological polar surface area (TPSA) is 55.1 Å². The van der Waals surface area contributed by atoms with Crippen molar-refractivity contribution in [2.75, 3.05) is 5.32 Å². The third kappa shape index (κ3) is 2.69. The normalized spacial score (nSPS) is 20.0. The van der Waals surface area contributed by atoms with Crippen molar-refractivity contribution in [1.82, 2.24) is 4.98 Å². The van der Waals surface area contributed by atoms with Crippen LogP contribution in [0.1, 0.15) is 18.1 Å². The van der Waals surface area contributed by atoms with Crippen LogP contribution in [0.4, 0.5) is 5.13 Å². The Labute approximate surface area is 139 Å². The van der Waals surface area contributed by atoms with Gasteiger partial charge in [-0.1, -0.05) is 11.6 Å². The van der Waals surface area contributed by atoms with E-state index in [0.29, 0.717) is 5.13 Å². The molecule has 0 aliphatic heterocycles. The molecule has 3 heterocycles. The van der Waals surface area contributed by atoms with Gasteiger partial charge in [-0.2, -0.15) is 0 Å². The highest BCUT2D eigenvalue weighted by Crippen LogP contribution is 2.48. The molecule has 2 atom stereocenters. The molecule has 0 aromatic carbocycles. The Morgan fingerprint density at radius 2 is 2.32 bits per heavy atom. The predicted octanol–water partition coefficient (Wildman–Crippen LogP) is 4.86. The van der Waals surface area contributed by atoms with Crippen molar-refractivity contribution in [3.05, 3.63) is 46.0 Å². The highest BCUT2D eigenvalue weighted by atomic mass is 35.5. The molecule has 4 rings (SSSR count). The van der Waals surface area contributed by atoms with Gasteiger partial charge in [0.05, 0.1) is 21.2 Å². The molecule has 3 aromatic heterocycles. The Hall–Kier alpha value is -1.63. The van der Waals surface area contributed by atoms with Gasteiger partial charge in [0.15, 0.2) is 5.13 Å². The van der Waals surface area contributed by atoms with Gasteiger partial charge in [0, 0.05) is 17.2 Å². The Morgan fingerprint density at radius 3 is 3.05 bits per heavy atom. The van der Waals surface area contributed by atoms with Crippen molar-refractivity contribution in [1.29, 1.82) is 0 Å². The van der Waals surface area contributed by atoms with Crippen molar-refractivity contribution in [3.8, 4) is 10.6 Å². The first kappa shape index (κ1) is 14.0. The second kappa shape index (κ2) is 5.53. The van der Waals surface area contributed by atoms with Crippen molar-refractivity contribution in [3.63, 3.8) is 0 Å². The summed E-state index contributed by atoms with van der Waals surface area (Å²) in [6.45, 7) is 0. The van der Waals surface area contributed by atoms with E-state index < -0.39 is 0 Å². The summed E-state index contributed by atoms with van der Waals surface area (Å²) in [4.78, 5) is 17.7. The first-order chi connectivity index (χ1) is 10.7. The SMILES string of the molecule is O=C(Nc1nc(-c2ccc(Cl)s2)cs1)[C@H]1C[C@H]1c1ccco1. The average molecular weight is 351 g/mol. The number of anilines is 1. The van der Waals surface area contributed by atoms with Crippen molar-refractivity contribution in [2.45, 2.75) is 12.3 Å². The average Bonchev–Trinajstić information content (AvgIpc) is 2.94. The van der Waals surface area contributed by atoms with E-state index in [0.717, 1.165) is 27.1 Å². The summed E-state index contributed by atoms with van der Waals surface area (Å²) in [7, 11) is 0. The van der Waals surface area contributed by atoms with Crippen LogP contribution in [0.25, 0.3) is 10.6 Å². The molecule has 7 heteroatoms. The lowest BCUT2D eigenvalue weighted by Crippen LogP contribution is -2.14. The molecule has 112 valence electrons. The third-order valence-electron chi connectivity index (χ3n) is 3.60. The Bertz CT molecular complexity index is 809. The molecule has 0 unspecified atom stereocenters. The molecule has 0 spiro atoms. The molecule has 1 amide bonds. The summed E-state index contributed by atoms with van der Waals surface area (Å²) in [6, 6.07) is 7.54. The van der Waals surface area contributed by atoms with Crippen molar-refractivity contribution in [2.24, 2.45) is 5.92 Å². The van der Waals surface area contributed by atoms with E-state index in [1.165, 1.54) is 22.7 Å². The van der Waals surface area contributed by atoms with Crippen LogP contribution in [0, 0.1) is 5.92 Å². The maximum Gasteiger partial charge on any atom is 0.230 e. The molecule has 0 radical (unpaired) electrons. The number of carbonyl (C=O) groups is 1. The maximum absolute atomic E-state index is 12.2. The van der Waals surface area contributed by atoms with Crippen LogP contribution in [0.5, 0.6) is 0 Å². The molecule has 0 bridgehead atoms. The first-order valence-corrected chi connectivity index (χ1v) is 8.83. The number of hydrogen-bond donors (Lipinski definition) is 1. The zero-order valence-corrected chi connectivity index (χ0v) is 13.7. The minimum atomic E-state index is -0.0188. The minimum Gasteiger partial charge on any atom is -0.469 e. The summed E-state index contributed by atoms with van der Waals surface area (Å²) in [6.07, 6.45) is 2.47. The Balaban J connectivity index is 1.42. The Morgan fingerprint density at radius 1 is 1.41 bits per heavy atom. The number of rotatable bonds is 4. The molecule has 1 saturated carbocycles. The monoisotopic (exact) mass is 350 g/mol. The number of nitrogens with zero attached hydrogens (tertiary/aromatic N) is 1. The summed E-state index contributed by atoms with van der Waals surface area (Å²) in [5.74, 6) is 1.07. The van der Waals surface area contributed by atoms with Crippen LogP contribution in [0.3, 0.4) is 0 Å². The predicted molar refractivity (Wildman–Crippen MR) is 88.6 cm³/mol. The van der Waals surface area contributed by atoms with Gasteiger partial charge in [0.25, 0.3) is 0 Å². The lowest BCUT2D eigenvalue weighted by molar-refractivity contribution is -0.117. The maximum atomic E-state index is 12.2. The molecule has 1 aliphatic carbocycles. The number of thiazole rings is 1. The molecule has 22 heavy (non-hydrogen) atoms. The fourth-order valence-electron chi connectivity index (χ4n) is 2.40. The standard InChI is InChI=1S/C15H11ClN2O2S2/c16-13-4-3-12(22-13)10-7-21-15(17-10)18-14(19)9-6-8(9)11-2-1-5-20-11/h1-5,7-9H,6H2,(H,17,18,19)/t8-,9+/m1/s1. The number of amides is 1. The van der Waals surface area contributed by atoms with Crippen LogP contribution in [-0.2, 0) is 4.79 Å². The van der Waals surface area contributed by atoms with Gasteiger partial charge in [-0.15, -0.1) is 22.7 Å². The number of aromatic nitrogens is 1. The van der Waals surface area contributed by atoms with Crippen molar-refractivity contribution < 1.29 is 9.21 Å². The van der Waals surface area contributed by atoms with Gasteiger partial charge in [-0.3, -0.25) is 4.79 Å². The van der Waals surface area contributed by atoms with Crippen LogP contribution < -0.4 is 5.32 Å². The van der Waals surface area contributed by atoms with Crippen LogP contribution >= 0.6 is 34.3 Å². The van der Waals surface area contributed by atoms with E-state index in [9.17, 15) is 4.79 Å². The van der Waals surface area contributed by atoms with E-state index in [2.05, 4.69) is 10.3 Å². The van der Waals surface area contributed by atoms with Crippen LogP contribution in [0.2, 0.25) is 4.34 Å². The lowest BCUT2D eigenvalue weighted by atomic mass is 10.2. The minimum absolute atomic E-state index is 0.00603. The number of nitrogens with one attached hydrogen (secondary N) is 1. The fourth-order valence-corrected chi connectivity index (χ4v) is 4.19. The van der Waals surface area contributed by atoms with Crippen LogP contribution in [0.15, 0.2) is 40.3 Å². The molecule has 3 aromatic rings. The largest absolute Gasteiger partial charge is 0.469 e. The highest BCUT2D eigenvalue weighted by Gasteiger charge is 2.46. The quantitative estimate of drug-likeness (QED) is 0.731. The van der Waals surface area contributed by atoms with Gasteiger partial charge in [0.1, 0.15) is 5.76 Å². The number of carbonyl (C=O) groups excluding carboxylic acids is 1. The van der Waals surface area contributed by atoms with Crippen LogP contribution in [-0.4, -0.2) is 10.9 Å². The first-order valence-electron chi connectivity index (χ1n) is 6.76. The third-order valence-corrected chi connectivity index (χ3v) is 5.61. The molecular weight excluding hydrogens is 340 g/mol. The van der Waals surface area contributed by atoms with Gasteiger partial charge in [0.2, 0.25) is 5.91 Å². The van der Waals surface area contributed by atoms with Gasteiger partial charge < -0.3 is 9.73 Å². The molecule has 4 nitrogen and oxygen atoms in total. The summed E-state index contributed by atoms with van der Waals surface area (Å²) >= 11 is 8.83. The smallest absolute Gasteiger partial charge is 0.230 e. The van der Waals surface area contributed by atoms with E-state index in [4.69, 9.17) is 16.0 Å². The summed E-state index contributed by atoms with van der Waals surface area (Å²) < 4.78 is 6.08. The molecule has 0 saturated heterocycles. The Kier molecular flexibility index (Phi) is 3.52. The molecule has 1 aliphatic rings. The van der Waals surface area contributed by atoms with Gasteiger partial charge in [-0.25, -0.2) is 4.98 Å². The van der Waals surface area contributed by atoms with E-state index in [-0.39, 0.29) is 17.7 Å². The molecule has 1 N–H and O–H groups in total. The molecule has 1 fully saturated rings. The zero-order valence-electron chi connectivity index (χ0n) is 11.3. The van der Waals surface area contributed by atoms with E-state index in [1.807, 2.05) is 29.6 Å². The second-order valence-corrected chi connectivity index (χ2v) is 7.67. The molecular formula is C15H11ClN2O2S2. The number of furan rings is 1. The fraction of sp³-hybridized carbons (Fsp3) is 0.200. The lowest BCUT2D eigenvalue weighted by Gasteiger charge is -1.99. The number of halogens is 1. The second-order valence-electron chi connectivity index (χ2n) is 5.10. The van der Waals surface area contributed by atoms with Crippen molar-refractivity contribution >= 4 is 45.3 Å². The summed E-state index contributed by atoms with van der Waals surface area (Å²) in [5.41, 5.74) is 0.843. The van der Waals surface area contributed by atoms with E-state index >= 15 is 0 Å². The highest BCUT2D eigenvalue weighted by molar-refractivity contribution is 7.20. The number of thiophene rings is 1. The number of hydrogen-bond acceptors (Lipinski definition) is 5.